The van der Waals surface area contributed by atoms with E-state index < -0.39 is 0 Å². The smallest absolute Gasteiger partial charge is 0.255 e. The number of fused-ring (bicyclic) bond motifs is 2. The number of nitrogen functional groups attached to an aromatic ring is 1. The third-order valence-electron chi connectivity index (χ3n) is 7.41. The van der Waals surface area contributed by atoms with Crippen LogP contribution >= 0.6 is 0 Å². The van der Waals surface area contributed by atoms with Gasteiger partial charge in [0.1, 0.15) is 5.69 Å². The number of carbonyl (C=O) groups is 2. The average Bonchev–Trinajstić information content (AvgIpc) is 3.42. The maximum Gasteiger partial charge on any atom is 0.255 e. The largest absolute Gasteiger partial charge is 0.397 e. The molecule has 3 aromatic rings. The molecule has 2 heterocycles. The molecule has 4 rings (SSSR count). The molecule has 0 spiro atoms. The lowest BCUT2D eigenvalue weighted by Gasteiger charge is -2.35. The lowest BCUT2D eigenvalue weighted by Crippen LogP contribution is -2.47. The number of hydrogen-bond acceptors (Lipinski definition) is 8. The second-order valence-corrected chi connectivity index (χ2v) is 10.9. The Kier molecular flexibility index (Phi) is 10.4. The second kappa shape index (κ2) is 14.2. The standard InChI is InChI=1S/C30H41N7O4/c1-21-15-37(22(2)19-38)29(39)9-6-14-36-17-25(33-34-36)20-41-28(21)18-35(3)16-23-10-12-24(13-11-23)30(40)32-27-8-5-4-7-26(27)31/h4-5,7-8,10-13,17,21-22,28,38H,6,9,14-16,18-20,31H2,1-3H3,(H,32,40)/t21-,22-,28+/m1/s1. The van der Waals surface area contributed by atoms with Crippen LogP contribution in [-0.2, 0) is 29.2 Å². The van der Waals surface area contributed by atoms with Crippen LogP contribution in [0.5, 0.6) is 0 Å². The molecule has 0 fully saturated rings. The number of amides is 2. The van der Waals surface area contributed by atoms with Gasteiger partial charge in [-0.1, -0.05) is 36.4 Å². The lowest BCUT2D eigenvalue weighted by atomic mass is 10.0. The number of carbonyl (C=O) groups excluding carboxylic acids is 2. The van der Waals surface area contributed by atoms with Gasteiger partial charge in [-0.15, -0.1) is 5.10 Å². The van der Waals surface area contributed by atoms with Crippen LogP contribution in [0.25, 0.3) is 0 Å². The van der Waals surface area contributed by atoms with Crippen molar-refractivity contribution in [2.45, 2.75) is 58.5 Å². The van der Waals surface area contributed by atoms with Gasteiger partial charge in [0.15, 0.2) is 0 Å². The molecule has 1 aliphatic heterocycles. The van der Waals surface area contributed by atoms with Gasteiger partial charge >= 0.3 is 0 Å². The quantitative estimate of drug-likeness (QED) is 0.356. The maximum absolute atomic E-state index is 13.1. The zero-order valence-electron chi connectivity index (χ0n) is 24.1. The molecule has 2 amide bonds. The molecule has 41 heavy (non-hydrogen) atoms. The Bertz CT molecular complexity index is 1300. The number of aromatic nitrogens is 3. The van der Waals surface area contributed by atoms with Crippen molar-refractivity contribution < 1.29 is 19.4 Å². The third kappa shape index (κ3) is 8.35. The van der Waals surface area contributed by atoms with Crippen LogP contribution in [0.1, 0.15) is 48.3 Å². The normalized spacial score (nSPS) is 19.2. The Morgan fingerprint density at radius 2 is 2.00 bits per heavy atom. The SMILES string of the molecule is C[C@@H]1CN([C@H](C)CO)C(=O)CCCn2cc(nn2)CO[C@H]1CN(C)Cc1ccc(C(=O)Nc2ccccc2N)cc1. The van der Waals surface area contributed by atoms with Crippen molar-refractivity contribution in [3.8, 4) is 0 Å². The fraction of sp³-hybridized carbons (Fsp3) is 0.467. The summed E-state index contributed by atoms with van der Waals surface area (Å²) in [6.45, 7) is 6.51. The molecule has 2 aromatic carbocycles. The number of nitrogens with one attached hydrogen (secondary N) is 1. The second-order valence-electron chi connectivity index (χ2n) is 10.9. The number of benzene rings is 2. The number of nitrogens with zero attached hydrogens (tertiary/aromatic N) is 5. The molecule has 3 atom stereocenters. The summed E-state index contributed by atoms with van der Waals surface area (Å²) in [4.78, 5) is 29.7. The zero-order chi connectivity index (χ0) is 29.4. The van der Waals surface area contributed by atoms with Crippen LogP contribution in [0.4, 0.5) is 11.4 Å². The number of ether oxygens (including phenoxy) is 1. The van der Waals surface area contributed by atoms with Gasteiger partial charge in [-0.25, -0.2) is 0 Å². The molecule has 11 heteroatoms. The van der Waals surface area contributed by atoms with E-state index in [1.165, 1.54) is 0 Å². The Morgan fingerprint density at radius 3 is 2.73 bits per heavy atom. The third-order valence-corrected chi connectivity index (χ3v) is 7.41. The van der Waals surface area contributed by atoms with E-state index in [1.54, 1.807) is 33.8 Å². The summed E-state index contributed by atoms with van der Waals surface area (Å²) < 4.78 is 8.11. The monoisotopic (exact) mass is 563 g/mol. The predicted molar refractivity (Wildman–Crippen MR) is 157 cm³/mol. The van der Waals surface area contributed by atoms with Gasteiger partial charge in [-0.2, -0.15) is 0 Å². The Hall–Kier alpha value is -3.80. The summed E-state index contributed by atoms with van der Waals surface area (Å²) >= 11 is 0. The number of aliphatic hydroxyl groups excluding tert-OH is 1. The van der Waals surface area contributed by atoms with Gasteiger partial charge in [-0.05, 0) is 50.2 Å². The highest BCUT2D eigenvalue weighted by Gasteiger charge is 2.28. The maximum atomic E-state index is 13.1. The van der Waals surface area contributed by atoms with Crippen LogP contribution in [-0.4, -0.2) is 80.6 Å². The van der Waals surface area contributed by atoms with Gasteiger partial charge in [0.25, 0.3) is 5.91 Å². The van der Waals surface area contributed by atoms with E-state index in [0.29, 0.717) is 62.6 Å². The van der Waals surface area contributed by atoms with Crippen LogP contribution in [0, 0.1) is 5.92 Å². The highest BCUT2D eigenvalue weighted by molar-refractivity contribution is 6.05. The van der Waals surface area contributed by atoms with Crippen molar-refractivity contribution in [3.63, 3.8) is 0 Å². The highest BCUT2D eigenvalue weighted by atomic mass is 16.5. The van der Waals surface area contributed by atoms with Crippen LogP contribution < -0.4 is 11.1 Å². The summed E-state index contributed by atoms with van der Waals surface area (Å²) in [6, 6.07) is 14.4. The van der Waals surface area contributed by atoms with E-state index in [2.05, 4.69) is 27.5 Å². The molecule has 220 valence electrons. The molecule has 0 saturated carbocycles. The minimum Gasteiger partial charge on any atom is -0.397 e. The molecular formula is C30H41N7O4. The first kappa shape index (κ1) is 30.2. The Labute approximate surface area is 241 Å². The summed E-state index contributed by atoms with van der Waals surface area (Å²) in [7, 11) is 2.02. The number of anilines is 2. The minimum absolute atomic E-state index is 0.00249. The number of nitrogens with two attached hydrogens (primary N) is 1. The summed E-state index contributed by atoms with van der Waals surface area (Å²) in [5.41, 5.74) is 9.39. The number of aliphatic hydroxyl groups is 1. The zero-order valence-corrected chi connectivity index (χ0v) is 24.1. The molecule has 0 radical (unpaired) electrons. The van der Waals surface area contributed by atoms with Crippen molar-refractivity contribution >= 4 is 23.2 Å². The molecule has 11 nitrogen and oxygen atoms in total. The minimum atomic E-state index is -0.278. The number of likely N-dealkylation sites (N-methyl/N-ethyl adjacent to an activating group) is 1. The van der Waals surface area contributed by atoms with Gasteiger partial charge < -0.3 is 25.8 Å². The molecule has 0 saturated heterocycles. The van der Waals surface area contributed by atoms with E-state index in [-0.39, 0.29) is 36.5 Å². The molecular weight excluding hydrogens is 522 g/mol. The average molecular weight is 564 g/mol. The van der Waals surface area contributed by atoms with E-state index >= 15 is 0 Å². The summed E-state index contributed by atoms with van der Waals surface area (Å²) in [5, 5.41) is 21.1. The first-order chi connectivity index (χ1) is 19.7. The van der Waals surface area contributed by atoms with Crippen molar-refractivity contribution in [3.05, 3.63) is 71.5 Å². The number of aryl methyl sites for hydroxylation is 1. The van der Waals surface area contributed by atoms with E-state index in [9.17, 15) is 14.7 Å². The fourth-order valence-corrected chi connectivity index (χ4v) is 4.94. The lowest BCUT2D eigenvalue weighted by molar-refractivity contribution is -0.136. The van der Waals surface area contributed by atoms with Gasteiger partial charge in [-0.3, -0.25) is 19.2 Å². The van der Waals surface area contributed by atoms with Crippen molar-refractivity contribution in [2.24, 2.45) is 5.92 Å². The van der Waals surface area contributed by atoms with Crippen LogP contribution in [0.15, 0.2) is 54.7 Å². The van der Waals surface area contributed by atoms with Crippen molar-refractivity contribution in [2.75, 3.05) is 37.8 Å². The van der Waals surface area contributed by atoms with Crippen molar-refractivity contribution in [1.29, 1.82) is 0 Å². The predicted octanol–water partition coefficient (Wildman–Crippen LogP) is 2.77. The first-order valence-corrected chi connectivity index (χ1v) is 14.1. The first-order valence-electron chi connectivity index (χ1n) is 14.1. The molecule has 1 aromatic heterocycles. The number of para-hydroxylation sites is 2. The van der Waals surface area contributed by atoms with Gasteiger partial charge in [0.05, 0.1) is 42.9 Å². The molecule has 4 N–H and O–H groups in total. The fourth-order valence-electron chi connectivity index (χ4n) is 4.94. The summed E-state index contributed by atoms with van der Waals surface area (Å²) in [6.07, 6.45) is 2.70. The molecule has 1 aliphatic rings. The Morgan fingerprint density at radius 1 is 1.24 bits per heavy atom. The highest BCUT2D eigenvalue weighted by Crippen LogP contribution is 2.20. The van der Waals surface area contributed by atoms with Gasteiger partial charge in [0, 0.05) is 44.1 Å². The number of rotatable bonds is 8. The summed E-state index contributed by atoms with van der Waals surface area (Å²) in [5.74, 6) is -0.200. The molecule has 0 unspecified atom stereocenters. The van der Waals surface area contributed by atoms with Crippen LogP contribution in [0.3, 0.4) is 0 Å². The van der Waals surface area contributed by atoms with Crippen LogP contribution in [0.2, 0.25) is 0 Å². The molecule has 0 aliphatic carbocycles. The van der Waals surface area contributed by atoms with E-state index in [4.69, 9.17) is 10.5 Å². The Balaban J connectivity index is 1.42. The van der Waals surface area contributed by atoms with E-state index in [1.807, 2.05) is 44.4 Å². The van der Waals surface area contributed by atoms with Gasteiger partial charge in [0.2, 0.25) is 5.91 Å². The van der Waals surface area contributed by atoms with Crippen molar-refractivity contribution in [1.82, 2.24) is 24.8 Å². The topological polar surface area (TPSA) is 139 Å². The van der Waals surface area contributed by atoms with E-state index in [0.717, 1.165) is 11.3 Å². The number of hydrogen-bond donors (Lipinski definition) is 3. The molecule has 2 bridgehead atoms.